The lowest BCUT2D eigenvalue weighted by Crippen LogP contribution is -2.37. The number of aromatic nitrogens is 2. The molecule has 9 nitrogen and oxygen atoms in total. The summed E-state index contributed by atoms with van der Waals surface area (Å²) >= 11 is 0. The number of anilines is 1. The number of nitrogens with one attached hydrogen (secondary N) is 3. The Bertz CT molecular complexity index is 2040. The van der Waals surface area contributed by atoms with Crippen molar-refractivity contribution < 1.29 is 31.9 Å². The van der Waals surface area contributed by atoms with Crippen molar-refractivity contribution in [2.24, 2.45) is 0 Å². The molecular formula is C36H32F4N6O3. The third-order valence-electron chi connectivity index (χ3n) is 8.37. The molecule has 0 spiro atoms. The highest BCUT2D eigenvalue weighted by Crippen LogP contribution is 2.25. The SMILES string of the molecule is O=C(NCc1ccc(F)c(F)c1)c1ccc(F)c(NC(=O)c2cnc3cc(-c4ccc(C(=O)NCCN5CCCCC5)c(F)c4)ccn23)c1. The lowest BCUT2D eigenvalue weighted by Gasteiger charge is -2.26. The zero-order chi connectivity index (χ0) is 34.5. The fraction of sp³-hybridized carbons (Fsp3) is 0.222. The van der Waals surface area contributed by atoms with E-state index in [1.165, 1.54) is 41.3 Å². The van der Waals surface area contributed by atoms with Crippen LogP contribution >= 0.6 is 0 Å². The number of pyridine rings is 1. The monoisotopic (exact) mass is 672 g/mol. The third-order valence-corrected chi connectivity index (χ3v) is 8.37. The summed E-state index contributed by atoms with van der Waals surface area (Å²) in [5.74, 6) is -5.34. The number of imidazole rings is 1. The van der Waals surface area contributed by atoms with Gasteiger partial charge < -0.3 is 20.9 Å². The van der Waals surface area contributed by atoms with Gasteiger partial charge in [0.05, 0.1) is 17.4 Å². The number of nitrogens with zero attached hydrogens (tertiary/aromatic N) is 3. The second-order valence-corrected chi connectivity index (χ2v) is 11.7. The molecule has 1 fully saturated rings. The standard InChI is InChI=1S/C36H32F4N6O3/c37-27-8-4-22(16-30(27)40)20-43-34(47)25-6-9-28(38)31(18-25)44-36(49)32-21-42-33-19-24(10-14-46(32)33)23-5-7-26(29(39)17-23)35(48)41-11-15-45-12-2-1-3-13-45/h4-10,14,16-19,21H,1-3,11-13,15,20H2,(H,41,48)(H,43,47)(H,44,49). The molecule has 0 aliphatic carbocycles. The van der Waals surface area contributed by atoms with Crippen molar-refractivity contribution in [2.45, 2.75) is 25.8 Å². The molecule has 1 saturated heterocycles. The number of hydrogen-bond acceptors (Lipinski definition) is 5. The van der Waals surface area contributed by atoms with E-state index < -0.39 is 41.0 Å². The van der Waals surface area contributed by atoms with E-state index in [2.05, 4.69) is 25.8 Å². The minimum absolute atomic E-state index is 0.0234. The summed E-state index contributed by atoms with van der Waals surface area (Å²) in [6.45, 7) is 3.06. The Kier molecular flexibility index (Phi) is 10.00. The maximum absolute atomic E-state index is 15.0. The van der Waals surface area contributed by atoms with Crippen molar-refractivity contribution in [3.8, 4) is 11.1 Å². The Balaban J connectivity index is 1.10. The molecule has 13 heteroatoms. The van der Waals surface area contributed by atoms with Crippen LogP contribution in [0.4, 0.5) is 23.2 Å². The molecule has 0 radical (unpaired) electrons. The summed E-state index contributed by atoms with van der Waals surface area (Å²) in [4.78, 5) is 45.0. The van der Waals surface area contributed by atoms with Crippen LogP contribution in [-0.4, -0.2) is 58.2 Å². The summed E-state index contributed by atoms with van der Waals surface area (Å²) in [7, 11) is 0. The molecule has 6 rings (SSSR count). The van der Waals surface area contributed by atoms with Gasteiger partial charge in [0.15, 0.2) is 11.6 Å². The van der Waals surface area contributed by atoms with Crippen LogP contribution in [0.5, 0.6) is 0 Å². The van der Waals surface area contributed by atoms with E-state index in [1.54, 1.807) is 24.4 Å². The molecule has 0 saturated carbocycles. The van der Waals surface area contributed by atoms with Gasteiger partial charge >= 0.3 is 0 Å². The molecule has 1 aliphatic rings. The molecule has 3 heterocycles. The van der Waals surface area contributed by atoms with Gasteiger partial charge in [0.25, 0.3) is 17.7 Å². The van der Waals surface area contributed by atoms with Crippen molar-refractivity contribution in [1.29, 1.82) is 0 Å². The highest BCUT2D eigenvalue weighted by atomic mass is 19.2. The Morgan fingerprint density at radius 2 is 1.49 bits per heavy atom. The number of carbonyl (C=O) groups excluding carboxylic acids is 3. The summed E-state index contributed by atoms with van der Waals surface area (Å²) in [5, 5.41) is 7.79. The van der Waals surface area contributed by atoms with Crippen molar-refractivity contribution in [2.75, 3.05) is 31.5 Å². The van der Waals surface area contributed by atoms with Gasteiger partial charge in [-0.2, -0.15) is 0 Å². The first kappa shape index (κ1) is 33.3. The number of piperidine rings is 1. The van der Waals surface area contributed by atoms with Crippen molar-refractivity contribution >= 4 is 29.1 Å². The molecule has 5 aromatic rings. The third kappa shape index (κ3) is 7.78. The molecule has 3 amide bonds. The Hall–Kier alpha value is -5.56. The number of halogens is 4. The molecule has 1 aliphatic heterocycles. The van der Waals surface area contributed by atoms with Crippen molar-refractivity contribution in [3.63, 3.8) is 0 Å². The smallest absolute Gasteiger partial charge is 0.274 e. The minimum atomic E-state index is -1.05. The van der Waals surface area contributed by atoms with Crippen LogP contribution in [0.2, 0.25) is 0 Å². The zero-order valence-corrected chi connectivity index (χ0v) is 26.2. The second-order valence-electron chi connectivity index (χ2n) is 11.7. The second kappa shape index (κ2) is 14.7. The quantitative estimate of drug-likeness (QED) is 0.159. The van der Waals surface area contributed by atoms with Gasteiger partial charge in [-0.1, -0.05) is 18.6 Å². The summed E-state index contributed by atoms with van der Waals surface area (Å²) in [6, 6.07) is 14.2. The fourth-order valence-corrected chi connectivity index (χ4v) is 5.70. The van der Waals surface area contributed by atoms with E-state index in [-0.39, 0.29) is 29.1 Å². The van der Waals surface area contributed by atoms with Gasteiger partial charge in [-0.15, -0.1) is 0 Å². The molecule has 3 aromatic carbocycles. The highest BCUT2D eigenvalue weighted by molar-refractivity contribution is 6.04. The average Bonchev–Trinajstić information content (AvgIpc) is 3.53. The molecular weight excluding hydrogens is 640 g/mol. The number of carbonyl (C=O) groups is 3. The Morgan fingerprint density at radius 3 is 2.27 bits per heavy atom. The first-order valence-electron chi connectivity index (χ1n) is 15.8. The topological polar surface area (TPSA) is 108 Å². The molecule has 0 unspecified atom stereocenters. The summed E-state index contributed by atoms with van der Waals surface area (Å²) < 4.78 is 57.8. The van der Waals surface area contributed by atoms with Gasteiger partial charge in [-0.3, -0.25) is 18.8 Å². The maximum atomic E-state index is 15.0. The lowest BCUT2D eigenvalue weighted by atomic mass is 10.0. The van der Waals surface area contributed by atoms with Crippen LogP contribution in [0, 0.1) is 23.3 Å². The first-order valence-corrected chi connectivity index (χ1v) is 15.8. The number of fused-ring (bicyclic) bond motifs is 1. The molecule has 0 atom stereocenters. The number of hydrogen-bond donors (Lipinski definition) is 3. The maximum Gasteiger partial charge on any atom is 0.274 e. The lowest BCUT2D eigenvalue weighted by molar-refractivity contribution is 0.0937. The van der Waals surface area contributed by atoms with Crippen molar-refractivity contribution in [1.82, 2.24) is 24.9 Å². The number of benzene rings is 3. The van der Waals surface area contributed by atoms with E-state index in [0.717, 1.165) is 56.7 Å². The molecule has 49 heavy (non-hydrogen) atoms. The van der Waals surface area contributed by atoms with E-state index in [1.807, 2.05) is 0 Å². The number of likely N-dealkylation sites (tertiary alicyclic amines) is 1. The van der Waals surface area contributed by atoms with Gasteiger partial charge in [0.1, 0.15) is 23.0 Å². The van der Waals surface area contributed by atoms with E-state index in [9.17, 15) is 27.6 Å². The van der Waals surface area contributed by atoms with Crippen molar-refractivity contribution in [3.05, 3.63) is 125 Å². The molecule has 3 N–H and O–H groups in total. The Morgan fingerprint density at radius 1 is 0.714 bits per heavy atom. The van der Waals surface area contributed by atoms with Crippen LogP contribution in [0.3, 0.4) is 0 Å². The molecule has 252 valence electrons. The predicted molar refractivity (Wildman–Crippen MR) is 175 cm³/mol. The van der Waals surface area contributed by atoms with Gasteiger partial charge in [-0.25, -0.2) is 22.5 Å². The normalized spacial score (nSPS) is 13.3. The zero-order valence-electron chi connectivity index (χ0n) is 26.2. The van der Waals surface area contributed by atoms with Crippen LogP contribution in [0.25, 0.3) is 16.8 Å². The predicted octanol–water partition coefficient (Wildman–Crippen LogP) is 5.96. The average molecular weight is 673 g/mol. The molecule has 2 aromatic heterocycles. The number of amides is 3. The number of rotatable bonds is 10. The summed E-state index contributed by atoms with van der Waals surface area (Å²) in [6.07, 6.45) is 6.37. The van der Waals surface area contributed by atoms with E-state index in [4.69, 9.17) is 0 Å². The van der Waals surface area contributed by atoms with Crippen LogP contribution in [-0.2, 0) is 6.54 Å². The summed E-state index contributed by atoms with van der Waals surface area (Å²) in [5.41, 5.74) is 1.54. The van der Waals surface area contributed by atoms with Crippen LogP contribution in [0.1, 0.15) is 56.0 Å². The van der Waals surface area contributed by atoms with Crippen LogP contribution < -0.4 is 16.0 Å². The van der Waals surface area contributed by atoms with E-state index >= 15 is 4.39 Å². The van der Waals surface area contributed by atoms with Crippen LogP contribution in [0.15, 0.2) is 79.1 Å². The first-order chi connectivity index (χ1) is 23.7. The van der Waals surface area contributed by atoms with Gasteiger partial charge in [0.2, 0.25) is 0 Å². The highest BCUT2D eigenvalue weighted by Gasteiger charge is 2.18. The van der Waals surface area contributed by atoms with Gasteiger partial charge in [0, 0.05) is 31.4 Å². The van der Waals surface area contributed by atoms with E-state index in [0.29, 0.717) is 28.9 Å². The fourth-order valence-electron chi connectivity index (χ4n) is 5.70. The largest absolute Gasteiger partial charge is 0.351 e. The Labute approximate surface area is 279 Å². The van der Waals surface area contributed by atoms with Gasteiger partial charge in [-0.05, 0) is 97.2 Å². The molecule has 0 bridgehead atoms. The minimum Gasteiger partial charge on any atom is -0.351 e.